The van der Waals surface area contributed by atoms with Crippen molar-refractivity contribution < 1.29 is 18.0 Å². The molecule has 1 aliphatic rings. The number of halogens is 2. The van der Waals surface area contributed by atoms with Crippen LogP contribution in [-0.2, 0) is 7.05 Å². The lowest BCUT2D eigenvalue weighted by molar-refractivity contribution is 0.135. The highest BCUT2D eigenvalue weighted by Gasteiger charge is 2.29. The molecule has 0 saturated heterocycles. The zero-order chi connectivity index (χ0) is 24.0. The Labute approximate surface area is 195 Å². The molecule has 34 heavy (non-hydrogen) atoms. The summed E-state index contributed by atoms with van der Waals surface area (Å²) in [6.07, 6.45) is 4.63. The molecule has 3 heterocycles. The molecule has 0 spiro atoms. The molecule has 0 aliphatic heterocycles. The van der Waals surface area contributed by atoms with Crippen LogP contribution in [-0.4, -0.2) is 36.0 Å². The van der Waals surface area contributed by atoms with Gasteiger partial charge in [-0.1, -0.05) is 19.0 Å². The van der Waals surface area contributed by atoms with Crippen LogP contribution in [0.3, 0.4) is 0 Å². The smallest absolute Gasteiger partial charge is 0.245 e. The minimum Gasteiger partial charge on any atom is -0.473 e. The van der Waals surface area contributed by atoms with E-state index >= 15 is 0 Å². The van der Waals surface area contributed by atoms with Crippen molar-refractivity contribution in [1.29, 1.82) is 0 Å². The molecule has 1 aliphatic carbocycles. The van der Waals surface area contributed by atoms with E-state index in [1.807, 2.05) is 13.8 Å². The number of ether oxygens (including phenoxy) is 1. The van der Waals surface area contributed by atoms with E-state index in [4.69, 9.17) is 9.26 Å². The van der Waals surface area contributed by atoms with E-state index < -0.39 is 11.6 Å². The Kier molecular flexibility index (Phi) is 5.75. The van der Waals surface area contributed by atoms with E-state index in [9.17, 15) is 8.78 Å². The third-order valence-electron chi connectivity index (χ3n) is 6.37. The Bertz CT molecular complexity index is 1340. The van der Waals surface area contributed by atoms with E-state index in [0.717, 1.165) is 31.5 Å². The van der Waals surface area contributed by atoms with Crippen LogP contribution in [0.1, 0.15) is 68.6 Å². The Balaban J connectivity index is 1.36. The first-order valence-corrected chi connectivity index (χ1v) is 11.5. The highest BCUT2D eigenvalue weighted by Crippen LogP contribution is 2.37. The van der Waals surface area contributed by atoms with Crippen molar-refractivity contribution in [3.05, 3.63) is 47.4 Å². The van der Waals surface area contributed by atoms with Crippen molar-refractivity contribution in [2.45, 2.75) is 64.4 Å². The monoisotopic (exact) mass is 468 g/mol. The van der Waals surface area contributed by atoms with Crippen molar-refractivity contribution in [1.82, 2.24) is 29.9 Å². The Morgan fingerprint density at radius 2 is 1.82 bits per heavy atom. The fourth-order valence-corrected chi connectivity index (χ4v) is 4.43. The van der Waals surface area contributed by atoms with Gasteiger partial charge in [-0.15, -0.1) is 0 Å². The summed E-state index contributed by atoms with van der Waals surface area (Å²) in [5, 5.41) is 8.54. The van der Waals surface area contributed by atoms with Crippen molar-refractivity contribution in [2.75, 3.05) is 0 Å². The van der Waals surface area contributed by atoms with Gasteiger partial charge < -0.3 is 9.26 Å². The summed E-state index contributed by atoms with van der Waals surface area (Å²) in [7, 11) is 1.67. The second-order valence-electron chi connectivity index (χ2n) is 9.17. The molecule has 0 unspecified atom stereocenters. The van der Waals surface area contributed by atoms with Crippen LogP contribution < -0.4 is 4.74 Å². The van der Waals surface area contributed by atoms with E-state index in [1.54, 1.807) is 7.05 Å². The molecule has 1 aromatic carbocycles. The average Bonchev–Trinajstić information content (AvgIpc) is 3.42. The molecule has 3 aromatic heterocycles. The molecule has 5 rings (SSSR count). The number of aromatic nitrogens is 6. The quantitative estimate of drug-likeness (QED) is 0.396. The fraction of sp³-hybridized carbons (Fsp3) is 0.458. The highest BCUT2D eigenvalue weighted by atomic mass is 19.1. The fourth-order valence-electron chi connectivity index (χ4n) is 4.43. The molecule has 0 bridgehead atoms. The van der Waals surface area contributed by atoms with Gasteiger partial charge in [-0.2, -0.15) is 15.1 Å². The maximum absolute atomic E-state index is 14.7. The lowest BCUT2D eigenvalue weighted by Gasteiger charge is -2.26. The molecule has 178 valence electrons. The number of hydrogen-bond acceptors (Lipinski definition) is 7. The van der Waals surface area contributed by atoms with Crippen molar-refractivity contribution in [3.8, 4) is 17.1 Å². The molecule has 1 saturated carbocycles. The highest BCUT2D eigenvalue weighted by molar-refractivity contribution is 5.92. The summed E-state index contributed by atoms with van der Waals surface area (Å²) < 4.78 is 42.1. The summed E-state index contributed by atoms with van der Waals surface area (Å²) in [6, 6.07) is 2.35. The maximum atomic E-state index is 14.7. The topological polar surface area (TPSA) is 91.8 Å². The molecule has 0 amide bonds. The SMILES string of the molecule is Cc1cc(F)c(-c2c3ncnc(OC4CCC(c5nc(C(C)C)no5)CC4)c3nn2C)cc1F. The zero-order valence-electron chi connectivity index (χ0n) is 19.5. The van der Waals surface area contributed by atoms with Gasteiger partial charge in [0.2, 0.25) is 11.8 Å². The number of benzene rings is 1. The van der Waals surface area contributed by atoms with E-state index in [-0.39, 0.29) is 29.1 Å². The van der Waals surface area contributed by atoms with Crippen LogP contribution in [0.15, 0.2) is 23.0 Å². The Hall–Kier alpha value is -3.43. The largest absolute Gasteiger partial charge is 0.473 e. The summed E-state index contributed by atoms with van der Waals surface area (Å²) >= 11 is 0. The predicted molar refractivity (Wildman–Crippen MR) is 120 cm³/mol. The summed E-state index contributed by atoms with van der Waals surface area (Å²) in [6.45, 7) is 5.59. The van der Waals surface area contributed by atoms with Gasteiger partial charge >= 0.3 is 0 Å². The molecule has 0 N–H and O–H groups in total. The first-order chi connectivity index (χ1) is 16.3. The summed E-state index contributed by atoms with van der Waals surface area (Å²) in [5.41, 5.74) is 1.54. The minimum absolute atomic E-state index is 0.0548. The number of fused-ring (bicyclic) bond motifs is 1. The van der Waals surface area contributed by atoms with Crippen LogP contribution in [0.5, 0.6) is 5.88 Å². The van der Waals surface area contributed by atoms with E-state index in [0.29, 0.717) is 28.5 Å². The number of nitrogens with zero attached hydrogens (tertiary/aromatic N) is 6. The molecule has 8 nitrogen and oxygen atoms in total. The molecule has 1 fully saturated rings. The zero-order valence-corrected chi connectivity index (χ0v) is 19.5. The molecular weight excluding hydrogens is 442 g/mol. The normalized spacial score (nSPS) is 18.7. The third-order valence-corrected chi connectivity index (χ3v) is 6.37. The maximum Gasteiger partial charge on any atom is 0.245 e. The third kappa shape index (κ3) is 4.01. The van der Waals surface area contributed by atoms with Gasteiger partial charge in [0.05, 0.1) is 5.69 Å². The van der Waals surface area contributed by atoms with Gasteiger partial charge in [-0.05, 0) is 50.3 Å². The van der Waals surface area contributed by atoms with Gasteiger partial charge in [0.15, 0.2) is 11.3 Å². The van der Waals surface area contributed by atoms with Crippen molar-refractivity contribution in [2.24, 2.45) is 7.05 Å². The van der Waals surface area contributed by atoms with Gasteiger partial charge in [0, 0.05) is 24.4 Å². The van der Waals surface area contributed by atoms with E-state index in [1.165, 1.54) is 30.1 Å². The molecule has 0 atom stereocenters. The minimum atomic E-state index is -0.537. The summed E-state index contributed by atoms with van der Waals surface area (Å²) in [4.78, 5) is 13.1. The molecular formula is C24H26F2N6O2. The van der Waals surface area contributed by atoms with Crippen LogP contribution in [0.2, 0.25) is 0 Å². The molecule has 10 heteroatoms. The second-order valence-corrected chi connectivity index (χ2v) is 9.17. The number of hydrogen-bond donors (Lipinski definition) is 0. The van der Waals surface area contributed by atoms with Gasteiger partial charge in [-0.25, -0.2) is 13.8 Å². The lowest BCUT2D eigenvalue weighted by Crippen LogP contribution is -2.24. The molecule has 0 radical (unpaired) electrons. The first kappa shape index (κ1) is 22.4. The van der Waals surface area contributed by atoms with E-state index in [2.05, 4.69) is 25.2 Å². The van der Waals surface area contributed by atoms with Gasteiger partial charge in [0.25, 0.3) is 0 Å². The van der Waals surface area contributed by atoms with Crippen molar-refractivity contribution >= 4 is 11.0 Å². The van der Waals surface area contributed by atoms with Gasteiger partial charge in [0.1, 0.15) is 29.6 Å². The number of rotatable bonds is 5. The Morgan fingerprint density at radius 1 is 1.06 bits per heavy atom. The van der Waals surface area contributed by atoms with Crippen LogP contribution in [0.4, 0.5) is 8.78 Å². The standard InChI is InChI=1S/C24H26F2N6O2/c1-12(2)22-29-23(34-31-22)14-5-7-15(8-6-14)33-24-20-19(27-11-28-24)21(32(4)30-20)16-10-17(25)13(3)9-18(16)26/h9-12,14-15H,5-8H2,1-4H3. The van der Waals surface area contributed by atoms with Crippen molar-refractivity contribution in [3.63, 3.8) is 0 Å². The van der Waals surface area contributed by atoms with Crippen LogP contribution in [0.25, 0.3) is 22.3 Å². The van der Waals surface area contributed by atoms with Crippen LogP contribution >= 0.6 is 0 Å². The predicted octanol–water partition coefficient (Wildman–Crippen LogP) is 5.23. The lowest BCUT2D eigenvalue weighted by atomic mass is 9.87. The molecule has 4 aromatic rings. The summed E-state index contributed by atoms with van der Waals surface area (Å²) in [5.74, 6) is 1.17. The number of aryl methyl sites for hydroxylation is 2. The van der Waals surface area contributed by atoms with Crippen LogP contribution in [0, 0.1) is 18.6 Å². The Morgan fingerprint density at radius 3 is 2.53 bits per heavy atom. The second kappa shape index (κ2) is 8.73. The first-order valence-electron chi connectivity index (χ1n) is 11.5. The average molecular weight is 469 g/mol. The van der Waals surface area contributed by atoms with Gasteiger partial charge in [-0.3, -0.25) is 4.68 Å².